The average molecular weight is 510 g/mol. The first-order valence-corrected chi connectivity index (χ1v) is 33.8. The van der Waals surface area contributed by atoms with Crippen molar-refractivity contribution in [3.05, 3.63) is 28.7 Å². The largest absolute Gasteiger partial charge is 0.175 e. The quantitative estimate of drug-likeness (QED) is 0.328. The van der Waals surface area contributed by atoms with Gasteiger partial charge in [-0.05, 0) is 12.1 Å². The number of hydrogen-bond acceptors (Lipinski definition) is 0. The predicted octanol–water partition coefficient (Wildman–Crippen LogP) is 5.87. The number of halogens is 2. The summed E-state index contributed by atoms with van der Waals surface area (Å²) in [4.78, 5) is 0. The molecule has 136 valence electrons. The molecule has 1 aromatic carbocycles. The first-order chi connectivity index (χ1) is 10.5. The lowest BCUT2D eigenvalue weighted by molar-refractivity contribution is 1.67. The van der Waals surface area contributed by atoms with Crippen LogP contribution in [0.15, 0.2) is 28.7 Å². The Morgan fingerprint density at radius 2 is 1.04 bits per heavy atom. The molecular weight excluding hydrogens is 476 g/mol. The Kier molecular flexibility index (Phi) is 5.30. The summed E-state index contributed by atoms with van der Waals surface area (Å²) < 4.78 is 1.20. The molecule has 0 spiro atoms. The van der Waals surface area contributed by atoms with E-state index in [1.165, 1.54) is 4.47 Å². The summed E-state index contributed by atoms with van der Waals surface area (Å²) in [5.74, 6) is 0. The molecule has 1 fully saturated rings. The maximum atomic E-state index is 7.78. The molecule has 2 unspecified atom stereocenters. The van der Waals surface area contributed by atoms with Crippen molar-refractivity contribution in [2.75, 3.05) is 0 Å². The highest BCUT2D eigenvalue weighted by Gasteiger charge is 2.79. The van der Waals surface area contributed by atoms with Crippen molar-refractivity contribution in [2.45, 2.75) is 65.5 Å². The summed E-state index contributed by atoms with van der Waals surface area (Å²) in [6.45, 7) is 27.3. The molecule has 1 aliphatic heterocycles. The Bertz CT molecular complexity index is 621. The summed E-state index contributed by atoms with van der Waals surface area (Å²) in [6.07, 6.45) is -1.71. The zero-order chi connectivity index (χ0) is 19.0. The first-order valence-electron chi connectivity index (χ1n) is 8.95. The first kappa shape index (κ1) is 21.6. The van der Waals surface area contributed by atoms with Crippen molar-refractivity contribution in [1.82, 2.24) is 0 Å². The molecule has 0 aliphatic carbocycles. The van der Waals surface area contributed by atoms with Gasteiger partial charge in [-0.25, -0.2) is 0 Å². The van der Waals surface area contributed by atoms with Crippen LogP contribution < -0.4 is 5.19 Å². The lowest BCUT2D eigenvalue weighted by Gasteiger charge is -2.71. The maximum absolute atomic E-state index is 7.78. The normalized spacial score (nSPS) is 36.3. The molecule has 0 aromatic heterocycles. The third kappa shape index (κ3) is 2.28. The van der Waals surface area contributed by atoms with Gasteiger partial charge in [0.15, 0.2) is 0 Å². The van der Waals surface area contributed by atoms with Gasteiger partial charge in [0.05, 0.1) is 14.2 Å². The van der Waals surface area contributed by atoms with Gasteiger partial charge in [-0.2, -0.15) is 11.1 Å². The molecule has 1 aliphatic rings. The van der Waals surface area contributed by atoms with E-state index in [0.717, 1.165) is 0 Å². The van der Waals surface area contributed by atoms with Crippen LogP contribution in [0.5, 0.6) is 0 Å². The molecule has 2 rings (SSSR count). The van der Waals surface area contributed by atoms with Crippen LogP contribution in [0.25, 0.3) is 0 Å². The molecule has 1 heterocycles. The summed E-state index contributed by atoms with van der Waals surface area (Å²) >= 11 is 11.4. The Labute approximate surface area is 167 Å². The molecule has 2 atom stereocenters. The Balaban J connectivity index is 2.90. The van der Waals surface area contributed by atoms with E-state index in [1.54, 1.807) is 5.19 Å². The zero-order valence-corrected chi connectivity index (χ0v) is 25.4. The second-order valence-corrected chi connectivity index (χ2v) is 84.1. The molecule has 0 amide bonds. The minimum atomic E-state index is -1.71. The summed E-state index contributed by atoms with van der Waals surface area (Å²) in [6, 6.07) is 9.49. The van der Waals surface area contributed by atoms with E-state index in [0.29, 0.717) is 0 Å². The van der Waals surface area contributed by atoms with E-state index in [1.807, 2.05) is 0 Å². The van der Waals surface area contributed by atoms with Crippen molar-refractivity contribution in [1.29, 1.82) is 0 Å². The smallest absolute Gasteiger partial charge is 0.130 e. The average Bonchev–Trinajstić information content (AvgIpc) is 2.45. The highest BCUT2D eigenvalue weighted by molar-refractivity contribution is 9.10. The van der Waals surface area contributed by atoms with Gasteiger partial charge < -0.3 is 0 Å². The molecule has 1 aromatic rings. The number of benzene rings is 1. The van der Waals surface area contributed by atoms with E-state index < -0.39 is 42.0 Å². The second kappa shape index (κ2) is 5.89. The van der Waals surface area contributed by atoms with Crippen LogP contribution in [-0.2, 0) is 0 Å². The van der Waals surface area contributed by atoms with E-state index in [2.05, 4.69) is 106 Å². The van der Waals surface area contributed by atoms with Crippen LogP contribution in [-0.4, -0.2) is 42.0 Å². The molecule has 8 heteroatoms. The van der Waals surface area contributed by atoms with Crippen molar-refractivity contribution >= 4 is 74.2 Å². The standard InChI is InChI=1S/C16H34BrClSi6/c1-19(2)20(3,4)23(9,16-13-11-15(17)12-14-16)22(7,8)24(10,18)21(19,5)6/h11-14H,1-10H3. The minimum absolute atomic E-state index is 1.20. The van der Waals surface area contributed by atoms with Crippen molar-refractivity contribution < 1.29 is 0 Å². The van der Waals surface area contributed by atoms with Gasteiger partial charge >= 0.3 is 0 Å². The van der Waals surface area contributed by atoms with Gasteiger partial charge in [-0.3, -0.25) is 0 Å². The third-order valence-corrected chi connectivity index (χ3v) is 165. The monoisotopic (exact) mass is 508 g/mol. The number of hydrogen-bond donors (Lipinski definition) is 0. The zero-order valence-electron chi connectivity index (χ0n) is 17.1. The minimum Gasteiger partial charge on any atom is -0.175 e. The van der Waals surface area contributed by atoms with Crippen LogP contribution in [0.1, 0.15) is 0 Å². The summed E-state index contributed by atoms with van der Waals surface area (Å²) in [5, 5.41) is 1.73. The van der Waals surface area contributed by atoms with Crippen LogP contribution in [0.4, 0.5) is 0 Å². The van der Waals surface area contributed by atoms with E-state index in [-0.39, 0.29) is 0 Å². The topological polar surface area (TPSA) is 0 Å². The predicted molar refractivity (Wildman–Crippen MR) is 133 cm³/mol. The van der Waals surface area contributed by atoms with Crippen molar-refractivity contribution in [3.8, 4) is 0 Å². The SMILES string of the molecule is C[Si]1(C)[Si](C)(C)[Si](C)(Cl)[Si](C)(C)[Si](C)(c2ccc(Br)cc2)[Si]1(C)C. The van der Waals surface area contributed by atoms with Gasteiger partial charge in [-0.1, -0.05) is 98.7 Å². The highest BCUT2D eigenvalue weighted by atomic mass is 79.9. The lowest BCUT2D eigenvalue weighted by atomic mass is 10.4. The third-order valence-electron chi connectivity index (χ3n) is 9.39. The van der Waals surface area contributed by atoms with Crippen LogP contribution in [0.2, 0.25) is 65.5 Å². The fourth-order valence-electron chi connectivity index (χ4n) is 5.53. The fraction of sp³-hybridized carbons (Fsp3) is 0.625. The summed E-state index contributed by atoms with van der Waals surface area (Å²) in [5.41, 5.74) is 0. The number of rotatable bonds is 1. The molecule has 24 heavy (non-hydrogen) atoms. The van der Waals surface area contributed by atoms with Gasteiger partial charge in [0.25, 0.3) is 0 Å². The Morgan fingerprint density at radius 1 is 0.625 bits per heavy atom. The molecule has 0 N–H and O–H groups in total. The Hall–Kier alpha value is 1.29. The van der Waals surface area contributed by atoms with Crippen LogP contribution >= 0.6 is 27.0 Å². The van der Waals surface area contributed by atoms with Gasteiger partial charge in [0.1, 0.15) is 6.42 Å². The van der Waals surface area contributed by atoms with Gasteiger partial charge in [0, 0.05) is 25.8 Å². The maximum Gasteiger partial charge on any atom is 0.130 e. The molecule has 0 radical (unpaired) electrons. The van der Waals surface area contributed by atoms with Crippen molar-refractivity contribution in [2.24, 2.45) is 0 Å². The lowest BCUT2D eigenvalue weighted by Crippen LogP contribution is -3.02. The molecule has 1 saturated heterocycles. The van der Waals surface area contributed by atoms with Gasteiger partial charge in [0.2, 0.25) is 0 Å². The summed E-state index contributed by atoms with van der Waals surface area (Å²) in [7, 11) is -7.09. The Morgan fingerprint density at radius 3 is 1.46 bits per heavy atom. The van der Waals surface area contributed by atoms with E-state index in [4.69, 9.17) is 11.1 Å². The molecule has 0 nitrogen and oxygen atoms in total. The second-order valence-electron chi connectivity index (χ2n) is 10.1. The molecule has 0 saturated carbocycles. The van der Waals surface area contributed by atoms with Crippen LogP contribution in [0.3, 0.4) is 0 Å². The van der Waals surface area contributed by atoms with Gasteiger partial charge in [-0.15, -0.1) is 0 Å². The molecule has 0 bridgehead atoms. The van der Waals surface area contributed by atoms with Crippen molar-refractivity contribution in [3.63, 3.8) is 0 Å². The fourth-order valence-corrected chi connectivity index (χ4v) is 251. The van der Waals surface area contributed by atoms with Crippen LogP contribution in [0, 0.1) is 0 Å². The molecular formula is C16H34BrClSi6. The van der Waals surface area contributed by atoms with E-state index in [9.17, 15) is 0 Å². The van der Waals surface area contributed by atoms with E-state index >= 15 is 0 Å². The highest BCUT2D eigenvalue weighted by Crippen LogP contribution is 2.52.